The molecule has 1 aromatic carbocycles. The van der Waals surface area contributed by atoms with Crippen molar-refractivity contribution >= 4 is 5.97 Å². The fourth-order valence-electron chi connectivity index (χ4n) is 3.18. The first kappa shape index (κ1) is 13.1. The highest BCUT2D eigenvalue weighted by Gasteiger charge is 2.43. The molecule has 0 bridgehead atoms. The van der Waals surface area contributed by atoms with Gasteiger partial charge in [0.2, 0.25) is 0 Å². The molecule has 2 rings (SSSR count). The fraction of sp³-hybridized carbons (Fsp3) is 0.562. The van der Waals surface area contributed by atoms with Crippen LogP contribution in [-0.4, -0.2) is 11.1 Å². The number of hydrogen-bond acceptors (Lipinski definition) is 1. The molecule has 1 aliphatic rings. The van der Waals surface area contributed by atoms with Crippen molar-refractivity contribution in [2.45, 2.75) is 51.4 Å². The number of carboxylic acids is 1. The van der Waals surface area contributed by atoms with E-state index in [9.17, 15) is 9.90 Å². The van der Waals surface area contributed by atoms with Crippen LogP contribution in [0.4, 0.5) is 0 Å². The minimum atomic E-state index is -0.649. The van der Waals surface area contributed by atoms with Gasteiger partial charge in [0.25, 0.3) is 0 Å². The van der Waals surface area contributed by atoms with Gasteiger partial charge in [0.1, 0.15) is 0 Å². The van der Waals surface area contributed by atoms with Gasteiger partial charge >= 0.3 is 5.97 Å². The molecule has 0 amide bonds. The molecule has 0 aliphatic heterocycles. The second-order valence-corrected chi connectivity index (χ2v) is 5.62. The Kier molecular flexibility index (Phi) is 3.74. The zero-order chi connectivity index (χ0) is 13.2. The quantitative estimate of drug-likeness (QED) is 0.877. The molecule has 1 aliphatic carbocycles. The highest BCUT2D eigenvalue weighted by molar-refractivity contribution is 5.82. The normalized spacial score (nSPS) is 24.3. The Balaban J connectivity index is 2.46. The van der Waals surface area contributed by atoms with Gasteiger partial charge in [-0.3, -0.25) is 4.79 Å². The first-order chi connectivity index (χ1) is 8.60. The standard InChI is InChI=1S/C16H22O2/c1-3-12(2)11-16(15(17)18)10-6-8-13-7-4-5-9-14(13)16/h4-5,7,9,12H,3,6,8,10-11H2,1-2H3,(H,17,18). The van der Waals surface area contributed by atoms with E-state index in [0.29, 0.717) is 5.92 Å². The van der Waals surface area contributed by atoms with Crippen LogP contribution >= 0.6 is 0 Å². The number of carbonyl (C=O) groups is 1. The zero-order valence-corrected chi connectivity index (χ0v) is 11.3. The number of fused-ring (bicyclic) bond motifs is 1. The SMILES string of the molecule is CCC(C)CC1(C(=O)O)CCCc2ccccc21. The van der Waals surface area contributed by atoms with Crippen molar-refractivity contribution in [2.75, 3.05) is 0 Å². The largest absolute Gasteiger partial charge is 0.481 e. The lowest BCUT2D eigenvalue weighted by Crippen LogP contribution is -2.40. The number of rotatable bonds is 4. The van der Waals surface area contributed by atoms with Crippen molar-refractivity contribution in [1.29, 1.82) is 0 Å². The predicted molar refractivity (Wildman–Crippen MR) is 72.8 cm³/mol. The van der Waals surface area contributed by atoms with Crippen LogP contribution < -0.4 is 0 Å². The van der Waals surface area contributed by atoms with Crippen LogP contribution in [0.25, 0.3) is 0 Å². The van der Waals surface area contributed by atoms with E-state index in [-0.39, 0.29) is 0 Å². The molecule has 0 saturated heterocycles. The van der Waals surface area contributed by atoms with Gasteiger partial charge in [-0.15, -0.1) is 0 Å². The van der Waals surface area contributed by atoms with Gasteiger partial charge in [0.15, 0.2) is 0 Å². The maximum atomic E-state index is 11.9. The Bertz CT molecular complexity index is 438. The summed E-state index contributed by atoms with van der Waals surface area (Å²) in [7, 11) is 0. The third-order valence-electron chi connectivity index (χ3n) is 4.39. The molecule has 2 heteroatoms. The molecule has 0 spiro atoms. The summed E-state index contributed by atoms with van der Waals surface area (Å²) >= 11 is 0. The van der Waals surface area contributed by atoms with Gasteiger partial charge in [-0.05, 0) is 42.7 Å². The molecule has 0 fully saturated rings. The van der Waals surface area contributed by atoms with Crippen molar-refractivity contribution in [2.24, 2.45) is 5.92 Å². The molecular formula is C16H22O2. The van der Waals surface area contributed by atoms with Gasteiger partial charge in [-0.1, -0.05) is 44.5 Å². The average Bonchev–Trinajstić information content (AvgIpc) is 2.38. The minimum absolute atomic E-state index is 0.451. The van der Waals surface area contributed by atoms with Crippen molar-refractivity contribution in [3.63, 3.8) is 0 Å². The van der Waals surface area contributed by atoms with Gasteiger partial charge in [0, 0.05) is 0 Å². The number of carboxylic acid groups (broad SMARTS) is 1. The van der Waals surface area contributed by atoms with Crippen molar-refractivity contribution in [1.82, 2.24) is 0 Å². The van der Waals surface area contributed by atoms with E-state index in [1.54, 1.807) is 0 Å². The number of aliphatic carboxylic acids is 1. The smallest absolute Gasteiger partial charge is 0.314 e. The van der Waals surface area contributed by atoms with Crippen LogP contribution in [0.1, 0.15) is 50.7 Å². The van der Waals surface area contributed by atoms with Crippen LogP contribution in [0.2, 0.25) is 0 Å². The summed E-state index contributed by atoms with van der Waals surface area (Å²) in [6.45, 7) is 4.29. The van der Waals surface area contributed by atoms with E-state index in [2.05, 4.69) is 19.9 Å². The van der Waals surface area contributed by atoms with E-state index < -0.39 is 11.4 Å². The number of aryl methyl sites for hydroxylation is 1. The average molecular weight is 246 g/mol. The van der Waals surface area contributed by atoms with Crippen molar-refractivity contribution in [3.8, 4) is 0 Å². The van der Waals surface area contributed by atoms with Crippen LogP contribution in [0.5, 0.6) is 0 Å². The molecular weight excluding hydrogens is 224 g/mol. The summed E-state index contributed by atoms with van der Waals surface area (Å²) in [6.07, 6.45) is 4.59. The van der Waals surface area contributed by atoms with Gasteiger partial charge in [-0.25, -0.2) is 0 Å². The lowest BCUT2D eigenvalue weighted by molar-refractivity contribution is -0.145. The zero-order valence-electron chi connectivity index (χ0n) is 11.3. The molecule has 0 aromatic heterocycles. The lowest BCUT2D eigenvalue weighted by atomic mass is 9.65. The first-order valence-corrected chi connectivity index (χ1v) is 6.92. The lowest BCUT2D eigenvalue weighted by Gasteiger charge is -2.37. The van der Waals surface area contributed by atoms with Crippen molar-refractivity contribution < 1.29 is 9.90 Å². The van der Waals surface area contributed by atoms with Crippen LogP contribution in [0, 0.1) is 5.92 Å². The number of hydrogen-bond donors (Lipinski definition) is 1. The third kappa shape index (κ3) is 2.16. The van der Waals surface area contributed by atoms with Crippen LogP contribution in [-0.2, 0) is 16.6 Å². The van der Waals surface area contributed by atoms with Crippen LogP contribution in [0.3, 0.4) is 0 Å². The maximum Gasteiger partial charge on any atom is 0.314 e. The highest BCUT2D eigenvalue weighted by atomic mass is 16.4. The predicted octanol–water partition coefficient (Wildman–Crippen LogP) is 3.78. The summed E-state index contributed by atoms with van der Waals surface area (Å²) in [5, 5.41) is 9.78. The molecule has 18 heavy (non-hydrogen) atoms. The Morgan fingerprint density at radius 2 is 2.17 bits per heavy atom. The monoisotopic (exact) mass is 246 g/mol. The van der Waals surface area contributed by atoms with E-state index >= 15 is 0 Å². The maximum absolute atomic E-state index is 11.9. The van der Waals surface area contributed by atoms with Gasteiger partial charge < -0.3 is 5.11 Å². The Morgan fingerprint density at radius 3 is 2.83 bits per heavy atom. The Labute approximate surface area is 109 Å². The molecule has 1 aromatic rings. The van der Waals surface area contributed by atoms with Crippen LogP contribution in [0.15, 0.2) is 24.3 Å². The highest BCUT2D eigenvalue weighted by Crippen LogP contribution is 2.42. The second kappa shape index (κ2) is 5.13. The van der Waals surface area contributed by atoms with E-state index in [1.807, 2.05) is 18.2 Å². The van der Waals surface area contributed by atoms with Gasteiger partial charge in [-0.2, -0.15) is 0 Å². The molecule has 98 valence electrons. The molecule has 1 N–H and O–H groups in total. The summed E-state index contributed by atoms with van der Waals surface area (Å²) in [5.41, 5.74) is 1.64. The first-order valence-electron chi connectivity index (χ1n) is 6.92. The summed E-state index contributed by atoms with van der Waals surface area (Å²) in [4.78, 5) is 11.9. The summed E-state index contributed by atoms with van der Waals surface area (Å²) in [6, 6.07) is 8.09. The number of benzene rings is 1. The second-order valence-electron chi connectivity index (χ2n) is 5.62. The van der Waals surface area contributed by atoms with Crippen molar-refractivity contribution in [3.05, 3.63) is 35.4 Å². The molecule has 2 nitrogen and oxygen atoms in total. The summed E-state index contributed by atoms with van der Waals surface area (Å²) < 4.78 is 0. The molecule has 0 saturated carbocycles. The Morgan fingerprint density at radius 1 is 1.44 bits per heavy atom. The van der Waals surface area contributed by atoms with E-state index in [0.717, 1.165) is 37.7 Å². The molecule has 0 radical (unpaired) electrons. The molecule has 2 unspecified atom stereocenters. The molecule has 0 heterocycles. The minimum Gasteiger partial charge on any atom is -0.481 e. The third-order valence-corrected chi connectivity index (χ3v) is 4.39. The summed E-state index contributed by atoms with van der Waals surface area (Å²) in [5.74, 6) is -0.192. The molecule has 2 atom stereocenters. The van der Waals surface area contributed by atoms with E-state index in [4.69, 9.17) is 0 Å². The van der Waals surface area contributed by atoms with E-state index in [1.165, 1.54) is 5.56 Å². The topological polar surface area (TPSA) is 37.3 Å². The van der Waals surface area contributed by atoms with Gasteiger partial charge in [0.05, 0.1) is 5.41 Å². The Hall–Kier alpha value is -1.31. The fourth-order valence-corrected chi connectivity index (χ4v) is 3.18.